The third-order valence-corrected chi connectivity index (χ3v) is 5.55. The van der Waals surface area contributed by atoms with E-state index >= 15 is 0 Å². The Bertz CT molecular complexity index is 942. The molecule has 1 aliphatic heterocycles. The molecule has 0 saturated carbocycles. The number of amides is 3. The summed E-state index contributed by atoms with van der Waals surface area (Å²) in [5.74, 6) is 0.753. The third-order valence-electron chi connectivity index (χ3n) is 5.55. The molecule has 0 unspecified atom stereocenters. The minimum Gasteiger partial charge on any atom is -0.353 e. The van der Waals surface area contributed by atoms with Crippen LogP contribution >= 0.6 is 0 Å². The number of urea groups is 1. The van der Waals surface area contributed by atoms with Crippen LogP contribution in [0.2, 0.25) is 0 Å². The van der Waals surface area contributed by atoms with Crippen molar-refractivity contribution in [3.05, 3.63) is 54.6 Å². The van der Waals surface area contributed by atoms with E-state index in [0.717, 1.165) is 30.0 Å². The molecule has 8 heteroatoms. The van der Waals surface area contributed by atoms with Crippen LogP contribution < -0.4 is 10.2 Å². The molecular formula is C25H34N6O2. The Hall–Kier alpha value is -3.42. The second kappa shape index (κ2) is 11.4. The summed E-state index contributed by atoms with van der Waals surface area (Å²) in [6.45, 7) is 12.6. The summed E-state index contributed by atoms with van der Waals surface area (Å²) in [7, 11) is 0. The van der Waals surface area contributed by atoms with Crippen LogP contribution in [0, 0.1) is 6.92 Å². The van der Waals surface area contributed by atoms with E-state index in [1.807, 2.05) is 43.0 Å². The Morgan fingerprint density at radius 1 is 1.09 bits per heavy atom. The van der Waals surface area contributed by atoms with Crippen LogP contribution in [-0.2, 0) is 4.79 Å². The summed E-state index contributed by atoms with van der Waals surface area (Å²) in [6, 6.07) is 11.9. The van der Waals surface area contributed by atoms with E-state index < -0.39 is 0 Å². The number of carbonyl (C=O) groups excluding carboxylic acids is 2. The smallest absolute Gasteiger partial charge is 0.318 e. The van der Waals surface area contributed by atoms with Gasteiger partial charge in [-0.1, -0.05) is 35.9 Å². The minimum absolute atomic E-state index is 0.00478. The number of nitrogens with one attached hydrogen (secondary N) is 1. The second-order valence-corrected chi connectivity index (χ2v) is 8.64. The summed E-state index contributed by atoms with van der Waals surface area (Å²) in [5.41, 5.74) is 3.09. The standard InChI is InChI=1S/C25H34N6O2/c1-5-13-31(25(33)26-19(2)3)18-24(32)30-15-6-14-29(16-17-30)23-12-11-22(27-28-23)21-9-7-20(4)8-10-21/h5,7-12,19H,1,6,13-18H2,2-4H3,(H,26,33). The molecule has 1 N–H and O–H groups in total. The van der Waals surface area contributed by atoms with Crippen LogP contribution in [0.3, 0.4) is 0 Å². The molecule has 3 amide bonds. The number of aromatic nitrogens is 2. The van der Waals surface area contributed by atoms with E-state index in [4.69, 9.17) is 0 Å². The highest BCUT2D eigenvalue weighted by Gasteiger charge is 2.24. The van der Waals surface area contributed by atoms with Crippen LogP contribution in [-0.4, -0.2) is 77.2 Å². The molecule has 1 fully saturated rings. The number of hydrogen-bond donors (Lipinski definition) is 1. The molecular weight excluding hydrogens is 416 g/mol. The molecule has 176 valence electrons. The maximum atomic E-state index is 12.9. The quantitative estimate of drug-likeness (QED) is 0.656. The lowest BCUT2D eigenvalue weighted by atomic mass is 10.1. The number of carbonyl (C=O) groups is 2. The zero-order valence-corrected chi connectivity index (χ0v) is 19.8. The zero-order valence-electron chi connectivity index (χ0n) is 19.8. The van der Waals surface area contributed by atoms with E-state index in [9.17, 15) is 9.59 Å². The van der Waals surface area contributed by atoms with E-state index in [1.165, 1.54) is 10.5 Å². The topological polar surface area (TPSA) is 81.7 Å². The Balaban J connectivity index is 1.59. The fourth-order valence-corrected chi connectivity index (χ4v) is 3.74. The predicted molar refractivity (Wildman–Crippen MR) is 131 cm³/mol. The van der Waals surface area contributed by atoms with E-state index in [2.05, 4.69) is 46.0 Å². The lowest BCUT2D eigenvalue weighted by molar-refractivity contribution is -0.131. The monoisotopic (exact) mass is 450 g/mol. The van der Waals surface area contributed by atoms with Crippen LogP contribution in [0.4, 0.5) is 10.6 Å². The number of aryl methyl sites for hydroxylation is 1. The van der Waals surface area contributed by atoms with Gasteiger partial charge in [-0.25, -0.2) is 4.79 Å². The van der Waals surface area contributed by atoms with Gasteiger partial charge < -0.3 is 20.0 Å². The first-order valence-electron chi connectivity index (χ1n) is 11.5. The molecule has 1 aliphatic rings. The highest BCUT2D eigenvalue weighted by atomic mass is 16.2. The molecule has 33 heavy (non-hydrogen) atoms. The van der Waals surface area contributed by atoms with Crippen molar-refractivity contribution in [1.82, 2.24) is 25.3 Å². The van der Waals surface area contributed by atoms with Crippen LogP contribution in [0.25, 0.3) is 11.3 Å². The van der Waals surface area contributed by atoms with Crippen molar-refractivity contribution in [3.8, 4) is 11.3 Å². The van der Waals surface area contributed by atoms with Gasteiger partial charge in [-0.2, -0.15) is 0 Å². The zero-order chi connectivity index (χ0) is 23.8. The van der Waals surface area contributed by atoms with Gasteiger partial charge in [-0.3, -0.25) is 4.79 Å². The van der Waals surface area contributed by atoms with Crippen molar-refractivity contribution < 1.29 is 9.59 Å². The average molecular weight is 451 g/mol. The molecule has 0 spiro atoms. The molecule has 8 nitrogen and oxygen atoms in total. The fourth-order valence-electron chi connectivity index (χ4n) is 3.74. The lowest BCUT2D eigenvalue weighted by Gasteiger charge is -2.27. The summed E-state index contributed by atoms with van der Waals surface area (Å²) in [5, 5.41) is 11.7. The maximum absolute atomic E-state index is 12.9. The van der Waals surface area contributed by atoms with Crippen molar-refractivity contribution in [2.75, 3.05) is 44.2 Å². The highest BCUT2D eigenvalue weighted by molar-refractivity contribution is 5.84. The molecule has 2 aromatic rings. The number of hydrogen-bond acceptors (Lipinski definition) is 5. The highest BCUT2D eigenvalue weighted by Crippen LogP contribution is 2.20. The van der Waals surface area contributed by atoms with E-state index in [1.54, 1.807) is 6.08 Å². The summed E-state index contributed by atoms with van der Waals surface area (Å²) in [6.07, 6.45) is 2.46. The van der Waals surface area contributed by atoms with Crippen molar-refractivity contribution in [2.24, 2.45) is 0 Å². The number of nitrogens with zero attached hydrogens (tertiary/aromatic N) is 5. The molecule has 3 rings (SSSR count). The third kappa shape index (κ3) is 6.78. The molecule has 0 radical (unpaired) electrons. The van der Waals surface area contributed by atoms with Crippen LogP contribution in [0.1, 0.15) is 25.8 Å². The summed E-state index contributed by atoms with van der Waals surface area (Å²) < 4.78 is 0. The first-order chi connectivity index (χ1) is 15.9. The molecule has 0 aliphatic carbocycles. The van der Waals surface area contributed by atoms with Gasteiger partial charge in [0.15, 0.2) is 5.82 Å². The SMILES string of the molecule is C=CCN(CC(=O)N1CCCN(c2ccc(-c3ccc(C)cc3)nn2)CC1)C(=O)NC(C)C. The molecule has 1 aromatic heterocycles. The Labute approximate surface area is 196 Å². The molecule has 0 atom stereocenters. The maximum Gasteiger partial charge on any atom is 0.318 e. The predicted octanol–water partition coefficient (Wildman–Crippen LogP) is 3.10. The molecule has 1 saturated heterocycles. The van der Waals surface area contributed by atoms with Gasteiger partial charge in [-0.15, -0.1) is 16.8 Å². The van der Waals surface area contributed by atoms with E-state index in [-0.39, 0.29) is 24.5 Å². The fraction of sp³-hybridized carbons (Fsp3) is 0.440. The van der Waals surface area contributed by atoms with Crippen molar-refractivity contribution in [1.29, 1.82) is 0 Å². The summed E-state index contributed by atoms with van der Waals surface area (Å²) in [4.78, 5) is 30.8. The normalized spacial score (nSPS) is 14.1. The van der Waals surface area contributed by atoms with Gasteiger partial charge in [0.1, 0.15) is 6.54 Å². The van der Waals surface area contributed by atoms with Crippen LogP contribution in [0.5, 0.6) is 0 Å². The summed E-state index contributed by atoms with van der Waals surface area (Å²) >= 11 is 0. The Kier molecular flexibility index (Phi) is 8.40. The number of benzene rings is 1. The van der Waals surface area contributed by atoms with Gasteiger partial charge in [0.25, 0.3) is 0 Å². The first kappa shape index (κ1) is 24.2. The van der Waals surface area contributed by atoms with Gasteiger partial charge in [0.05, 0.1) is 5.69 Å². The van der Waals surface area contributed by atoms with Crippen LogP contribution in [0.15, 0.2) is 49.1 Å². The van der Waals surface area contributed by atoms with Crippen molar-refractivity contribution in [3.63, 3.8) is 0 Å². The Morgan fingerprint density at radius 2 is 1.85 bits per heavy atom. The molecule has 0 bridgehead atoms. The van der Waals surface area contributed by atoms with Crippen molar-refractivity contribution >= 4 is 17.8 Å². The lowest BCUT2D eigenvalue weighted by Crippen LogP contribution is -2.48. The molecule has 1 aromatic carbocycles. The van der Waals surface area contributed by atoms with Gasteiger partial charge in [0, 0.05) is 44.3 Å². The van der Waals surface area contributed by atoms with Crippen molar-refractivity contribution in [2.45, 2.75) is 33.2 Å². The van der Waals surface area contributed by atoms with Gasteiger partial charge in [-0.05, 0) is 39.3 Å². The second-order valence-electron chi connectivity index (χ2n) is 8.64. The first-order valence-corrected chi connectivity index (χ1v) is 11.5. The molecule has 2 heterocycles. The van der Waals surface area contributed by atoms with E-state index in [0.29, 0.717) is 26.2 Å². The van der Waals surface area contributed by atoms with Gasteiger partial charge >= 0.3 is 6.03 Å². The van der Waals surface area contributed by atoms with Gasteiger partial charge in [0.2, 0.25) is 5.91 Å². The average Bonchev–Trinajstić information content (AvgIpc) is 3.05. The largest absolute Gasteiger partial charge is 0.353 e. The number of rotatable bonds is 7. The Morgan fingerprint density at radius 3 is 2.48 bits per heavy atom. The number of anilines is 1. The minimum atomic E-state index is -0.251.